The predicted molar refractivity (Wildman–Crippen MR) is 106 cm³/mol. The van der Waals surface area contributed by atoms with Crippen LogP contribution < -0.4 is 0 Å². The third kappa shape index (κ3) is 5.72. The average Bonchev–Trinajstić information content (AvgIpc) is 2.76. The number of benzene rings is 2. The summed E-state index contributed by atoms with van der Waals surface area (Å²) in [6, 6.07) is 13.3. The molecule has 3 rings (SSSR count). The first-order valence-electron chi connectivity index (χ1n) is 9.74. The topological polar surface area (TPSA) is 46.6 Å². The maximum absolute atomic E-state index is 13.0. The van der Waals surface area contributed by atoms with Crippen molar-refractivity contribution < 1.29 is 27.5 Å². The predicted octanol–water partition coefficient (Wildman–Crippen LogP) is 5.02. The minimum absolute atomic E-state index is 0.209. The van der Waals surface area contributed by atoms with Crippen LogP contribution in [0.1, 0.15) is 42.1 Å². The summed E-state index contributed by atoms with van der Waals surface area (Å²) in [7, 11) is 0. The lowest BCUT2D eigenvalue weighted by Gasteiger charge is -2.30. The van der Waals surface area contributed by atoms with Gasteiger partial charge in [0.1, 0.15) is 0 Å². The van der Waals surface area contributed by atoms with E-state index in [1.807, 2.05) is 0 Å². The normalized spacial score (nSPS) is 15.8. The van der Waals surface area contributed by atoms with E-state index in [1.54, 1.807) is 35.2 Å². The molecule has 0 saturated carbocycles. The van der Waals surface area contributed by atoms with E-state index in [4.69, 9.17) is 4.74 Å². The molecule has 0 unspecified atom stereocenters. The van der Waals surface area contributed by atoms with E-state index < -0.39 is 23.8 Å². The molecule has 1 aliphatic heterocycles. The van der Waals surface area contributed by atoms with Crippen LogP contribution in [0.15, 0.2) is 60.7 Å². The summed E-state index contributed by atoms with van der Waals surface area (Å²) in [5.74, 6) is -1.09. The second-order valence-corrected chi connectivity index (χ2v) is 7.07. The number of carbonyl (C=O) groups is 2. The van der Waals surface area contributed by atoms with Crippen molar-refractivity contribution in [3.05, 3.63) is 77.4 Å². The van der Waals surface area contributed by atoms with Crippen molar-refractivity contribution in [2.75, 3.05) is 13.1 Å². The molecule has 2 aromatic carbocycles. The number of carbonyl (C=O) groups excluding carboxylic acids is 2. The highest BCUT2D eigenvalue weighted by atomic mass is 19.4. The summed E-state index contributed by atoms with van der Waals surface area (Å²) in [6.07, 6.45) is -0.432. The van der Waals surface area contributed by atoms with Gasteiger partial charge in [0.25, 0.3) is 5.91 Å². The number of amides is 1. The Kier molecular flexibility index (Phi) is 6.92. The third-order valence-corrected chi connectivity index (χ3v) is 4.85. The van der Waals surface area contributed by atoms with Crippen molar-refractivity contribution in [2.45, 2.75) is 31.5 Å². The van der Waals surface area contributed by atoms with Crippen molar-refractivity contribution in [1.82, 2.24) is 4.90 Å². The summed E-state index contributed by atoms with van der Waals surface area (Å²) >= 11 is 0. The minimum atomic E-state index is -4.47. The number of esters is 1. The van der Waals surface area contributed by atoms with E-state index in [-0.39, 0.29) is 11.5 Å². The van der Waals surface area contributed by atoms with Gasteiger partial charge < -0.3 is 9.64 Å². The first kappa shape index (κ1) is 21.6. The molecule has 1 saturated heterocycles. The molecule has 2 aromatic rings. The van der Waals surface area contributed by atoms with E-state index in [2.05, 4.69) is 0 Å². The first-order chi connectivity index (χ1) is 14.3. The van der Waals surface area contributed by atoms with Crippen molar-refractivity contribution >= 4 is 18.0 Å². The summed E-state index contributed by atoms with van der Waals surface area (Å²) < 4.78 is 43.9. The van der Waals surface area contributed by atoms with Crippen molar-refractivity contribution in [1.29, 1.82) is 0 Å². The first-order valence-corrected chi connectivity index (χ1v) is 9.74. The SMILES string of the molecule is O=C(/C=C/c1cccc(C(F)(F)F)c1)O[C@@H](C(=O)N1CCCCC1)c1ccccc1. The molecule has 0 aromatic heterocycles. The Morgan fingerprint density at radius 3 is 2.33 bits per heavy atom. The van der Waals surface area contributed by atoms with Gasteiger partial charge in [-0.05, 0) is 43.0 Å². The van der Waals surface area contributed by atoms with Crippen LogP contribution >= 0.6 is 0 Å². The molecule has 1 aliphatic rings. The van der Waals surface area contributed by atoms with Crippen LogP contribution in [0.4, 0.5) is 13.2 Å². The number of likely N-dealkylation sites (tertiary alicyclic amines) is 1. The van der Waals surface area contributed by atoms with Crippen LogP contribution in [0.2, 0.25) is 0 Å². The maximum atomic E-state index is 13.0. The standard InChI is InChI=1S/C23H22F3NO3/c24-23(25,26)19-11-7-8-17(16-19)12-13-20(28)30-21(18-9-3-1-4-10-18)22(29)27-14-5-2-6-15-27/h1,3-4,7-13,16,21H,2,5-6,14-15H2/b13-12+/t21-/m1/s1. The molecule has 7 heteroatoms. The quantitative estimate of drug-likeness (QED) is 0.507. The number of alkyl halides is 3. The molecule has 30 heavy (non-hydrogen) atoms. The molecule has 0 spiro atoms. The fourth-order valence-electron chi connectivity index (χ4n) is 3.31. The minimum Gasteiger partial charge on any atom is -0.444 e. The van der Waals surface area contributed by atoms with Gasteiger partial charge in [-0.1, -0.05) is 42.5 Å². The van der Waals surface area contributed by atoms with E-state index in [0.717, 1.165) is 37.5 Å². The van der Waals surface area contributed by atoms with Gasteiger partial charge in [-0.15, -0.1) is 0 Å². The van der Waals surface area contributed by atoms with Crippen LogP contribution in [-0.2, 0) is 20.5 Å². The molecule has 0 aliphatic carbocycles. The Hall–Kier alpha value is -3.09. The van der Waals surface area contributed by atoms with Gasteiger partial charge >= 0.3 is 12.1 Å². The zero-order valence-electron chi connectivity index (χ0n) is 16.3. The molecule has 1 heterocycles. The van der Waals surface area contributed by atoms with Gasteiger partial charge in [-0.25, -0.2) is 4.79 Å². The third-order valence-electron chi connectivity index (χ3n) is 4.85. The summed E-state index contributed by atoms with van der Waals surface area (Å²) in [6.45, 7) is 1.22. The number of piperidine rings is 1. The lowest BCUT2D eigenvalue weighted by atomic mass is 10.1. The van der Waals surface area contributed by atoms with Gasteiger partial charge in [0.2, 0.25) is 6.10 Å². The molecule has 0 N–H and O–H groups in total. The van der Waals surface area contributed by atoms with Crippen LogP contribution in [0.25, 0.3) is 6.08 Å². The Labute approximate surface area is 173 Å². The maximum Gasteiger partial charge on any atom is 0.416 e. The molecule has 1 amide bonds. The fourth-order valence-corrected chi connectivity index (χ4v) is 3.31. The molecule has 1 fully saturated rings. The highest BCUT2D eigenvalue weighted by Crippen LogP contribution is 2.30. The van der Waals surface area contributed by atoms with Crippen molar-refractivity contribution in [3.63, 3.8) is 0 Å². The molecule has 1 atom stereocenters. The van der Waals surface area contributed by atoms with E-state index in [1.165, 1.54) is 18.2 Å². The van der Waals surface area contributed by atoms with Gasteiger partial charge in [0.05, 0.1) is 5.56 Å². The number of hydrogen-bond donors (Lipinski definition) is 0. The Morgan fingerprint density at radius 1 is 0.967 bits per heavy atom. The molecule has 0 radical (unpaired) electrons. The van der Waals surface area contributed by atoms with Gasteiger partial charge in [0, 0.05) is 24.7 Å². The second kappa shape index (κ2) is 9.61. The summed E-state index contributed by atoms with van der Waals surface area (Å²) in [5, 5.41) is 0. The number of rotatable bonds is 5. The smallest absolute Gasteiger partial charge is 0.416 e. The van der Waals surface area contributed by atoms with Gasteiger partial charge in [-0.2, -0.15) is 13.2 Å². The highest BCUT2D eigenvalue weighted by molar-refractivity contribution is 5.91. The number of halogens is 3. The van der Waals surface area contributed by atoms with E-state index >= 15 is 0 Å². The Bertz CT molecular complexity index is 903. The van der Waals surface area contributed by atoms with Crippen LogP contribution in [0.3, 0.4) is 0 Å². The average molecular weight is 417 g/mol. The highest BCUT2D eigenvalue weighted by Gasteiger charge is 2.31. The number of ether oxygens (including phenoxy) is 1. The fraction of sp³-hybridized carbons (Fsp3) is 0.304. The molecule has 4 nitrogen and oxygen atoms in total. The monoisotopic (exact) mass is 417 g/mol. The van der Waals surface area contributed by atoms with Gasteiger partial charge in [0.15, 0.2) is 0 Å². The molecule has 0 bridgehead atoms. The Morgan fingerprint density at radius 2 is 1.67 bits per heavy atom. The molecule has 158 valence electrons. The summed E-state index contributed by atoms with van der Waals surface area (Å²) in [4.78, 5) is 27.0. The van der Waals surface area contributed by atoms with Gasteiger partial charge in [-0.3, -0.25) is 4.79 Å². The number of nitrogens with zero attached hydrogens (tertiary/aromatic N) is 1. The number of hydrogen-bond acceptors (Lipinski definition) is 3. The zero-order chi connectivity index (χ0) is 21.6. The van der Waals surface area contributed by atoms with Crippen LogP contribution in [0, 0.1) is 0 Å². The van der Waals surface area contributed by atoms with Crippen molar-refractivity contribution in [3.8, 4) is 0 Å². The largest absolute Gasteiger partial charge is 0.444 e. The lowest BCUT2D eigenvalue weighted by Crippen LogP contribution is -2.40. The van der Waals surface area contributed by atoms with Crippen LogP contribution in [0.5, 0.6) is 0 Å². The second-order valence-electron chi connectivity index (χ2n) is 7.07. The molecular formula is C23H22F3NO3. The lowest BCUT2D eigenvalue weighted by molar-refractivity contribution is -0.157. The van der Waals surface area contributed by atoms with E-state index in [9.17, 15) is 22.8 Å². The Balaban J connectivity index is 1.75. The molecular weight excluding hydrogens is 395 g/mol. The summed E-state index contributed by atoms with van der Waals surface area (Å²) in [5.41, 5.74) is -0.0465. The zero-order valence-corrected chi connectivity index (χ0v) is 16.3. The van der Waals surface area contributed by atoms with Crippen molar-refractivity contribution in [2.24, 2.45) is 0 Å². The van der Waals surface area contributed by atoms with Crippen LogP contribution in [-0.4, -0.2) is 29.9 Å². The van der Waals surface area contributed by atoms with E-state index in [0.29, 0.717) is 18.7 Å².